The number of hydrogen-bond acceptors (Lipinski definition) is 2. The van der Waals surface area contributed by atoms with E-state index in [1.165, 1.54) is 17.7 Å². The normalized spacial score (nSPS) is 10.6. The van der Waals surface area contributed by atoms with Crippen LogP contribution < -0.4 is 4.74 Å². The van der Waals surface area contributed by atoms with Gasteiger partial charge in [-0.1, -0.05) is 30.3 Å². The van der Waals surface area contributed by atoms with Crippen molar-refractivity contribution in [2.24, 2.45) is 0 Å². The summed E-state index contributed by atoms with van der Waals surface area (Å²) in [6, 6.07) is 16.6. The van der Waals surface area contributed by atoms with Gasteiger partial charge in [-0.05, 0) is 30.7 Å². The smallest absolute Gasteiger partial charge is 0.131 e. The molecule has 0 N–H and O–H groups in total. The topological polar surface area (TPSA) is 27.1 Å². The summed E-state index contributed by atoms with van der Waals surface area (Å²) in [5.41, 5.74) is 2.76. The molecule has 0 saturated heterocycles. The van der Waals surface area contributed by atoms with Crippen LogP contribution in [0.15, 0.2) is 60.8 Å². The molecule has 0 saturated carbocycles. The second-order valence-corrected chi connectivity index (χ2v) is 4.96. The number of benzene rings is 2. The predicted octanol–water partition coefficient (Wildman–Crippen LogP) is 4.14. The highest BCUT2D eigenvalue weighted by atomic mass is 19.1. The van der Waals surface area contributed by atoms with Gasteiger partial charge in [0.05, 0.1) is 18.8 Å². The van der Waals surface area contributed by atoms with Gasteiger partial charge in [0.15, 0.2) is 0 Å². The lowest BCUT2D eigenvalue weighted by atomic mass is 10.1. The molecule has 3 nitrogen and oxygen atoms in total. The van der Waals surface area contributed by atoms with Crippen LogP contribution in [0.5, 0.6) is 5.75 Å². The second-order valence-electron chi connectivity index (χ2n) is 4.96. The van der Waals surface area contributed by atoms with E-state index in [-0.39, 0.29) is 5.82 Å². The minimum absolute atomic E-state index is 0.309. The Hall–Kier alpha value is -2.62. The summed E-state index contributed by atoms with van der Waals surface area (Å²) in [7, 11) is 0. The van der Waals surface area contributed by atoms with E-state index in [0.717, 1.165) is 11.3 Å². The molecule has 4 heteroatoms. The van der Waals surface area contributed by atoms with Crippen molar-refractivity contribution in [3.05, 3.63) is 72.2 Å². The Labute approximate surface area is 129 Å². The third kappa shape index (κ3) is 3.17. The van der Waals surface area contributed by atoms with Crippen LogP contribution in [0.2, 0.25) is 0 Å². The van der Waals surface area contributed by atoms with E-state index in [1.54, 1.807) is 6.07 Å². The fourth-order valence-electron chi connectivity index (χ4n) is 2.35. The summed E-state index contributed by atoms with van der Waals surface area (Å²) in [5, 5.41) is 4.56. The van der Waals surface area contributed by atoms with Gasteiger partial charge in [0.25, 0.3) is 0 Å². The van der Waals surface area contributed by atoms with Gasteiger partial charge in [-0.25, -0.2) is 4.39 Å². The van der Waals surface area contributed by atoms with Gasteiger partial charge in [0.2, 0.25) is 0 Å². The summed E-state index contributed by atoms with van der Waals surface area (Å²) in [4.78, 5) is 0. The third-order valence-electron chi connectivity index (χ3n) is 3.35. The molecule has 22 heavy (non-hydrogen) atoms. The van der Waals surface area contributed by atoms with Gasteiger partial charge in [-0.15, -0.1) is 0 Å². The number of rotatable bonds is 5. The lowest BCUT2D eigenvalue weighted by molar-refractivity contribution is 0.339. The molecule has 3 aromatic rings. The Morgan fingerprint density at radius 3 is 2.68 bits per heavy atom. The quantitative estimate of drug-likeness (QED) is 0.707. The average molecular weight is 296 g/mol. The van der Waals surface area contributed by atoms with Crippen molar-refractivity contribution in [2.75, 3.05) is 6.61 Å². The van der Waals surface area contributed by atoms with E-state index in [2.05, 4.69) is 17.2 Å². The second kappa shape index (κ2) is 6.43. The zero-order chi connectivity index (χ0) is 15.4. The first-order valence-electron chi connectivity index (χ1n) is 7.26. The monoisotopic (exact) mass is 296 g/mol. The minimum atomic E-state index is -0.309. The average Bonchev–Trinajstić information content (AvgIpc) is 2.97. The lowest BCUT2D eigenvalue weighted by Gasteiger charge is -2.08. The molecule has 0 bridgehead atoms. The summed E-state index contributed by atoms with van der Waals surface area (Å²) in [6.07, 6.45) is 1.92. The van der Waals surface area contributed by atoms with Crippen LogP contribution in [0.4, 0.5) is 4.39 Å². The Morgan fingerprint density at radius 2 is 1.91 bits per heavy atom. The van der Waals surface area contributed by atoms with E-state index < -0.39 is 0 Å². The third-order valence-corrected chi connectivity index (χ3v) is 3.35. The van der Waals surface area contributed by atoms with Gasteiger partial charge in [-0.3, -0.25) is 4.68 Å². The van der Waals surface area contributed by atoms with Crippen molar-refractivity contribution < 1.29 is 9.13 Å². The highest BCUT2D eigenvalue weighted by Gasteiger charge is 2.10. The van der Waals surface area contributed by atoms with Gasteiger partial charge in [0.1, 0.15) is 11.6 Å². The first-order valence-corrected chi connectivity index (χ1v) is 7.26. The molecular formula is C18H17FN2O. The summed E-state index contributed by atoms with van der Waals surface area (Å²) < 4.78 is 20.7. The molecule has 0 aliphatic heterocycles. The minimum Gasteiger partial charge on any atom is -0.493 e. The van der Waals surface area contributed by atoms with Crippen molar-refractivity contribution in [2.45, 2.75) is 13.5 Å². The van der Waals surface area contributed by atoms with Crippen LogP contribution in [0.25, 0.3) is 11.3 Å². The number of halogens is 1. The summed E-state index contributed by atoms with van der Waals surface area (Å²) >= 11 is 0. The van der Waals surface area contributed by atoms with Crippen LogP contribution in [0.3, 0.4) is 0 Å². The van der Waals surface area contributed by atoms with E-state index in [0.29, 0.717) is 18.9 Å². The first kappa shape index (κ1) is 14.3. The highest BCUT2D eigenvalue weighted by Crippen LogP contribution is 2.29. The van der Waals surface area contributed by atoms with Crippen molar-refractivity contribution in [3.8, 4) is 17.0 Å². The van der Waals surface area contributed by atoms with Crippen LogP contribution >= 0.6 is 0 Å². The van der Waals surface area contributed by atoms with Crippen LogP contribution in [0.1, 0.15) is 12.5 Å². The number of nitrogens with zero attached hydrogens (tertiary/aromatic N) is 2. The number of aromatic nitrogens is 2. The van der Waals surface area contributed by atoms with Crippen molar-refractivity contribution >= 4 is 0 Å². The maximum absolute atomic E-state index is 13.4. The van der Waals surface area contributed by atoms with Gasteiger partial charge in [0, 0.05) is 17.8 Å². The van der Waals surface area contributed by atoms with Crippen LogP contribution in [0, 0.1) is 5.82 Å². The molecule has 0 aliphatic carbocycles. The molecule has 0 amide bonds. The predicted molar refractivity (Wildman–Crippen MR) is 84.3 cm³/mol. The Balaban J connectivity index is 1.87. The number of ether oxygens (including phenoxy) is 1. The first-order chi connectivity index (χ1) is 10.8. The molecule has 1 heterocycles. The Bertz CT molecular complexity index is 753. The maximum atomic E-state index is 13.4. The lowest BCUT2D eigenvalue weighted by Crippen LogP contribution is -2.00. The standard InChI is InChI=1S/C18H17FN2O/c1-2-22-18-12-15(19)8-9-16(18)17-10-11-21(20-17)13-14-6-4-3-5-7-14/h3-12H,2,13H2,1H3. The molecule has 112 valence electrons. The zero-order valence-electron chi connectivity index (χ0n) is 12.4. The molecule has 0 spiro atoms. The van der Waals surface area contributed by atoms with Crippen molar-refractivity contribution in [1.82, 2.24) is 9.78 Å². The summed E-state index contributed by atoms with van der Waals surface area (Å²) in [5.74, 6) is 0.211. The molecule has 0 radical (unpaired) electrons. The molecule has 0 atom stereocenters. The Morgan fingerprint density at radius 1 is 1.09 bits per heavy atom. The molecule has 1 aromatic heterocycles. The van der Waals surface area contributed by atoms with Crippen molar-refractivity contribution in [3.63, 3.8) is 0 Å². The summed E-state index contributed by atoms with van der Waals surface area (Å²) in [6.45, 7) is 3.07. The van der Waals surface area contributed by atoms with Crippen molar-refractivity contribution in [1.29, 1.82) is 0 Å². The maximum Gasteiger partial charge on any atom is 0.131 e. The van der Waals surface area contributed by atoms with Crippen LogP contribution in [-0.2, 0) is 6.54 Å². The van der Waals surface area contributed by atoms with Gasteiger partial charge in [-0.2, -0.15) is 5.10 Å². The fourth-order valence-corrected chi connectivity index (χ4v) is 2.35. The molecule has 0 unspecified atom stereocenters. The Kier molecular flexibility index (Phi) is 4.19. The number of hydrogen-bond donors (Lipinski definition) is 0. The van der Waals surface area contributed by atoms with Crippen LogP contribution in [-0.4, -0.2) is 16.4 Å². The van der Waals surface area contributed by atoms with E-state index in [4.69, 9.17) is 4.74 Å². The SMILES string of the molecule is CCOc1cc(F)ccc1-c1ccn(Cc2ccccc2)n1. The zero-order valence-corrected chi connectivity index (χ0v) is 12.4. The van der Waals surface area contributed by atoms with E-state index in [1.807, 2.05) is 42.1 Å². The highest BCUT2D eigenvalue weighted by molar-refractivity contribution is 5.66. The molecule has 0 aliphatic rings. The largest absolute Gasteiger partial charge is 0.493 e. The fraction of sp³-hybridized carbons (Fsp3) is 0.167. The van der Waals surface area contributed by atoms with E-state index in [9.17, 15) is 4.39 Å². The molecular weight excluding hydrogens is 279 g/mol. The molecule has 0 fully saturated rings. The van der Waals surface area contributed by atoms with E-state index >= 15 is 0 Å². The molecule has 2 aromatic carbocycles. The molecule has 3 rings (SSSR count). The van der Waals surface area contributed by atoms with Gasteiger partial charge >= 0.3 is 0 Å². The van der Waals surface area contributed by atoms with Gasteiger partial charge < -0.3 is 4.74 Å².